The van der Waals surface area contributed by atoms with Gasteiger partial charge in [0.05, 0.1) is 12.2 Å². The lowest BCUT2D eigenvalue weighted by Crippen LogP contribution is -2.07. The largest absolute Gasteiger partial charge is 0.493 e. The highest BCUT2D eigenvalue weighted by Gasteiger charge is 2.11. The molecule has 0 atom stereocenters. The van der Waals surface area contributed by atoms with Gasteiger partial charge in [-0.15, -0.1) is 0 Å². The fraction of sp³-hybridized carbons (Fsp3) is 0.364. The first kappa shape index (κ1) is 12.3. The fourth-order valence-corrected chi connectivity index (χ4v) is 1.36. The average Bonchev–Trinajstić information content (AvgIpc) is 2.15. The summed E-state index contributed by atoms with van der Waals surface area (Å²) in [5.41, 5.74) is 0.310. The highest BCUT2D eigenvalue weighted by Crippen LogP contribution is 2.24. The first-order valence-corrected chi connectivity index (χ1v) is 5.38. The van der Waals surface area contributed by atoms with Crippen LogP contribution >= 0.6 is 23.2 Å². The molecule has 0 aliphatic rings. The Morgan fingerprint density at radius 3 is 2.67 bits per heavy atom. The van der Waals surface area contributed by atoms with Crippen molar-refractivity contribution in [2.24, 2.45) is 5.92 Å². The Kier molecular flexibility index (Phi) is 4.43. The molecule has 4 heteroatoms. The van der Waals surface area contributed by atoms with E-state index in [0.717, 1.165) is 0 Å². The van der Waals surface area contributed by atoms with Gasteiger partial charge in [0.15, 0.2) is 0 Å². The van der Waals surface area contributed by atoms with E-state index in [-0.39, 0.29) is 0 Å². The van der Waals surface area contributed by atoms with Gasteiger partial charge >= 0.3 is 0 Å². The smallest absolute Gasteiger partial charge is 0.256 e. The molecule has 0 aliphatic heterocycles. The predicted molar refractivity (Wildman–Crippen MR) is 62.0 cm³/mol. The van der Waals surface area contributed by atoms with Crippen molar-refractivity contribution in [1.29, 1.82) is 0 Å². The number of benzene rings is 1. The maximum Gasteiger partial charge on any atom is 0.256 e. The van der Waals surface area contributed by atoms with Gasteiger partial charge < -0.3 is 4.74 Å². The number of hydrogen-bond donors (Lipinski definition) is 0. The van der Waals surface area contributed by atoms with Crippen molar-refractivity contribution in [3.8, 4) is 5.75 Å². The summed E-state index contributed by atoms with van der Waals surface area (Å²) in [4.78, 5) is 11.1. The van der Waals surface area contributed by atoms with E-state index >= 15 is 0 Å². The molecular weight excluding hydrogens is 235 g/mol. The molecule has 2 nitrogen and oxygen atoms in total. The van der Waals surface area contributed by atoms with Crippen molar-refractivity contribution in [2.45, 2.75) is 13.8 Å². The van der Waals surface area contributed by atoms with Crippen LogP contribution in [-0.2, 0) is 0 Å². The number of rotatable bonds is 4. The Labute approximate surface area is 99.1 Å². The molecular formula is C11H12Cl2O2. The van der Waals surface area contributed by atoms with E-state index in [9.17, 15) is 4.79 Å². The summed E-state index contributed by atoms with van der Waals surface area (Å²) >= 11 is 11.2. The lowest BCUT2D eigenvalue weighted by Gasteiger charge is -2.11. The van der Waals surface area contributed by atoms with Crippen LogP contribution in [0.1, 0.15) is 24.2 Å². The third-order valence-electron chi connectivity index (χ3n) is 1.73. The van der Waals surface area contributed by atoms with Crippen LogP contribution in [0, 0.1) is 5.92 Å². The number of carbonyl (C=O) groups excluding carboxylic acids is 1. The Balaban J connectivity index is 2.91. The van der Waals surface area contributed by atoms with E-state index in [1.54, 1.807) is 12.1 Å². The van der Waals surface area contributed by atoms with Crippen LogP contribution < -0.4 is 4.74 Å². The van der Waals surface area contributed by atoms with Crippen molar-refractivity contribution >= 4 is 28.4 Å². The van der Waals surface area contributed by atoms with E-state index in [0.29, 0.717) is 28.9 Å². The summed E-state index contributed by atoms with van der Waals surface area (Å²) in [5.74, 6) is 0.868. The van der Waals surface area contributed by atoms with Crippen LogP contribution in [0.2, 0.25) is 5.02 Å². The minimum absolute atomic E-state index is 0.310. The van der Waals surface area contributed by atoms with E-state index in [4.69, 9.17) is 27.9 Å². The lowest BCUT2D eigenvalue weighted by molar-refractivity contribution is 0.107. The normalized spacial score (nSPS) is 10.5. The second-order valence-corrected chi connectivity index (χ2v) is 4.40. The van der Waals surface area contributed by atoms with Crippen LogP contribution in [0.3, 0.4) is 0 Å². The molecule has 0 amide bonds. The molecule has 1 rings (SSSR count). The van der Waals surface area contributed by atoms with Gasteiger partial charge in [-0.3, -0.25) is 4.79 Å². The van der Waals surface area contributed by atoms with Gasteiger partial charge in [0.1, 0.15) is 5.75 Å². The van der Waals surface area contributed by atoms with Crippen LogP contribution in [0.15, 0.2) is 18.2 Å². The van der Waals surface area contributed by atoms with E-state index in [1.807, 2.05) is 13.8 Å². The van der Waals surface area contributed by atoms with Crippen molar-refractivity contribution < 1.29 is 9.53 Å². The van der Waals surface area contributed by atoms with Crippen LogP contribution in [0.4, 0.5) is 0 Å². The van der Waals surface area contributed by atoms with Crippen molar-refractivity contribution in [2.75, 3.05) is 6.61 Å². The molecule has 15 heavy (non-hydrogen) atoms. The van der Waals surface area contributed by atoms with Gasteiger partial charge in [0.25, 0.3) is 5.24 Å². The number of hydrogen-bond acceptors (Lipinski definition) is 2. The van der Waals surface area contributed by atoms with Crippen molar-refractivity contribution in [1.82, 2.24) is 0 Å². The number of ether oxygens (including phenoxy) is 1. The zero-order chi connectivity index (χ0) is 11.4. The summed E-state index contributed by atoms with van der Waals surface area (Å²) in [5, 5.41) is -0.0906. The number of halogens is 2. The van der Waals surface area contributed by atoms with Gasteiger partial charge in [-0.2, -0.15) is 0 Å². The Morgan fingerprint density at radius 1 is 1.47 bits per heavy atom. The molecule has 0 saturated heterocycles. The monoisotopic (exact) mass is 246 g/mol. The van der Waals surface area contributed by atoms with Crippen molar-refractivity contribution in [3.63, 3.8) is 0 Å². The molecule has 0 radical (unpaired) electrons. The maximum atomic E-state index is 11.1. The maximum absolute atomic E-state index is 11.1. The molecule has 0 aromatic heterocycles. The van der Waals surface area contributed by atoms with Gasteiger partial charge in [-0.25, -0.2) is 0 Å². The summed E-state index contributed by atoms with van der Waals surface area (Å²) in [6.45, 7) is 4.59. The Hall–Kier alpha value is -0.730. The molecule has 0 spiro atoms. The van der Waals surface area contributed by atoms with Gasteiger partial charge in [-0.05, 0) is 35.7 Å². The second-order valence-electron chi connectivity index (χ2n) is 3.62. The zero-order valence-electron chi connectivity index (χ0n) is 8.59. The fourth-order valence-electron chi connectivity index (χ4n) is 1.04. The highest BCUT2D eigenvalue weighted by atomic mass is 35.5. The van der Waals surface area contributed by atoms with Gasteiger partial charge in [-0.1, -0.05) is 25.4 Å². The standard InChI is InChI=1S/C11H12Cl2O2/c1-7(2)6-15-10-4-3-8(12)5-9(10)11(13)14/h3-5,7H,6H2,1-2H3. The first-order valence-electron chi connectivity index (χ1n) is 4.63. The zero-order valence-corrected chi connectivity index (χ0v) is 10.1. The Bertz CT molecular complexity index is 362. The lowest BCUT2D eigenvalue weighted by atomic mass is 10.2. The van der Waals surface area contributed by atoms with Crippen LogP contribution in [0.25, 0.3) is 0 Å². The first-order chi connectivity index (χ1) is 7.00. The molecule has 0 N–H and O–H groups in total. The van der Waals surface area contributed by atoms with E-state index < -0.39 is 5.24 Å². The van der Waals surface area contributed by atoms with Crippen molar-refractivity contribution in [3.05, 3.63) is 28.8 Å². The van der Waals surface area contributed by atoms with E-state index in [2.05, 4.69) is 0 Å². The second kappa shape index (κ2) is 5.38. The van der Waals surface area contributed by atoms with Gasteiger partial charge in [0, 0.05) is 5.02 Å². The third-order valence-corrected chi connectivity index (χ3v) is 2.16. The van der Waals surface area contributed by atoms with Gasteiger partial charge in [0.2, 0.25) is 0 Å². The predicted octanol–water partition coefficient (Wildman–Crippen LogP) is 3.75. The molecule has 1 aromatic rings. The highest BCUT2D eigenvalue weighted by molar-refractivity contribution is 6.68. The molecule has 0 aliphatic carbocycles. The molecule has 0 heterocycles. The third kappa shape index (κ3) is 3.73. The quantitative estimate of drug-likeness (QED) is 0.757. The summed E-state index contributed by atoms with van der Waals surface area (Å²) < 4.78 is 5.45. The summed E-state index contributed by atoms with van der Waals surface area (Å²) in [6, 6.07) is 4.83. The van der Waals surface area contributed by atoms with E-state index in [1.165, 1.54) is 6.07 Å². The molecule has 0 unspecified atom stereocenters. The Morgan fingerprint density at radius 2 is 2.13 bits per heavy atom. The number of carbonyl (C=O) groups is 1. The minimum Gasteiger partial charge on any atom is -0.493 e. The van der Waals surface area contributed by atoms with Crippen LogP contribution in [-0.4, -0.2) is 11.8 Å². The average molecular weight is 247 g/mol. The summed E-state index contributed by atoms with van der Waals surface area (Å²) in [7, 11) is 0. The van der Waals surface area contributed by atoms with Crippen LogP contribution in [0.5, 0.6) is 5.75 Å². The SMILES string of the molecule is CC(C)COc1ccc(Cl)cc1C(=O)Cl. The molecule has 0 bridgehead atoms. The molecule has 0 saturated carbocycles. The molecule has 0 fully saturated rings. The summed E-state index contributed by atoms with van der Waals surface area (Å²) in [6.07, 6.45) is 0. The molecule has 82 valence electrons. The molecule has 1 aromatic carbocycles. The minimum atomic E-state index is -0.559. The topological polar surface area (TPSA) is 26.3 Å².